The fourth-order valence-electron chi connectivity index (χ4n) is 1.41. The Hall–Kier alpha value is -2.48. The van der Waals surface area contributed by atoms with Gasteiger partial charge in [0, 0.05) is 0 Å². The molecule has 8 heteroatoms. The monoisotopic (exact) mass is 255 g/mol. The van der Waals surface area contributed by atoms with E-state index in [9.17, 15) is 24.8 Å². The molecule has 0 radical (unpaired) electrons. The Morgan fingerprint density at radius 1 is 1.56 bits per heavy atom. The number of nitrogens with zero attached hydrogens (tertiary/aromatic N) is 1. The van der Waals surface area contributed by atoms with Crippen LogP contribution in [-0.4, -0.2) is 34.5 Å². The highest BCUT2D eigenvalue weighted by Crippen LogP contribution is 2.32. The van der Waals surface area contributed by atoms with Crippen molar-refractivity contribution in [3.63, 3.8) is 0 Å². The van der Waals surface area contributed by atoms with Crippen LogP contribution in [0.4, 0.5) is 5.69 Å². The summed E-state index contributed by atoms with van der Waals surface area (Å²) in [5.74, 6) is -1.62. The number of hydrogen-bond acceptors (Lipinski definition) is 6. The van der Waals surface area contributed by atoms with Gasteiger partial charge in [0.1, 0.15) is 5.75 Å². The summed E-state index contributed by atoms with van der Waals surface area (Å²) in [7, 11) is 1.24. The van der Waals surface area contributed by atoms with E-state index < -0.39 is 28.2 Å². The molecule has 2 N–H and O–H groups in total. The third-order valence-electron chi connectivity index (χ3n) is 2.22. The lowest BCUT2D eigenvalue weighted by atomic mass is 10.0. The summed E-state index contributed by atoms with van der Waals surface area (Å²) in [4.78, 5) is 31.3. The number of nitro groups is 1. The molecule has 0 bridgehead atoms. The minimum absolute atomic E-state index is 0.0398. The minimum Gasteiger partial charge on any atom is -0.497 e. The third-order valence-corrected chi connectivity index (χ3v) is 2.22. The van der Waals surface area contributed by atoms with Gasteiger partial charge in [-0.1, -0.05) is 0 Å². The molecule has 0 aliphatic rings. The Morgan fingerprint density at radius 3 is 2.56 bits per heavy atom. The molecule has 96 valence electrons. The molecular weight excluding hydrogens is 246 g/mol. The highest BCUT2D eigenvalue weighted by molar-refractivity contribution is 5.86. The number of aliphatic carboxylic acids is 1. The van der Waals surface area contributed by atoms with Crippen molar-refractivity contribution < 1.29 is 29.5 Å². The van der Waals surface area contributed by atoms with E-state index >= 15 is 0 Å². The van der Waals surface area contributed by atoms with Gasteiger partial charge in [0.15, 0.2) is 12.4 Å². The van der Waals surface area contributed by atoms with E-state index in [1.807, 2.05) is 0 Å². The first-order valence-corrected chi connectivity index (χ1v) is 4.64. The minimum atomic E-state index is -2.11. The van der Waals surface area contributed by atoms with Crippen LogP contribution in [0.5, 0.6) is 5.75 Å². The van der Waals surface area contributed by atoms with Crippen LogP contribution < -0.4 is 4.74 Å². The highest BCUT2D eigenvalue weighted by atomic mass is 16.6. The van der Waals surface area contributed by atoms with Crippen LogP contribution in [0.25, 0.3) is 0 Å². The van der Waals surface area contributed by atoms with Crippen LogP contribution in [0.1, 0.15) is 22.0 Å². The van der Waals surface area contributed by atoms with E-state index in [0.29, 0.717) is 0 Å². The summed E-state index contributed by atoms with van der Waals surface area (Å²) in [6, 6.07) is 2.09. The zero-order valence-corrected chi connectivity index (χ0v) is 9.19. The fourth-order valence-corrected chi connectivity index (χ4v) is 1.41. The Bertz CT molecular complexity index is 511. The molecule has 0 fully saturated rings. The number of carboxylic acid groups (broad SMARTS) is 1. The maximum absolute atomic E-state index is 10.8. The van der Waals surface area contributed by atoms with Crippen molar-refractivity contribution in [2.24, 2.45) is 0 Å². The standard InChI is InChI=1S/C10H9NO7/c1-18-6-2-5(4-12)8(11(16)17)7(3-6)9(13)10(14)15/h2-4,9,13H,1H3,(H,14,15). The second-order valence-corrected chi connectivity index (χ2v) is 3.27. The van der Waals surface area contributed by atoms with Crippen molar-refractivity contribution in [3.05, 3.63) is 33.4 Å². The van der Waals surface area contributed by atoms with Crippen molar-refractivity contribution in [2.75, 3.05) is 7.11 Å². The van der Waals surface area contributed by atoms with E-state index in [-0.39, 0.29) is 17.6 Å². The van der Waals surface area contributed by atoms with Gasteiger partial charge in [-0.15, -0.1) is 0 Å². The molecule has 1 aromatic carbocycles. The summed E-state index contributed by atoms with van der Waals surface area (Å²) in [5.41, 5.74) is -1.62. The van der Waals surface area contributed by atoms with Gasteiger partial charge < -0.3 is 14.9 Å². The Morgan fingerprint density at radius 2 is 2.17 bits per heavy atom. The van der Waals surface area contributed by atoms with Crippen molar-refractivity contribution >= 4 is 17.9 Å². The van der Waals surface area contributed by atoms with Crippen molar-refractivity contribution in [3.8, 4) is 5.75 Å². The summed E-state index contributed by atoms with van der Waals surface area (Å²) in [6.07, 6.45) is -1.92. The lowest BCUT2D eigenvalue weighted by molar-refractivity contribution is -0.386. The van der Waals surface area contributed by atoms with Crippen LogP contribution in [0.3, 0.4) is 0 Å². The molecule has 1 rings (SSSR count). The van der Waals surface area contributed by atoms with Crippen LogP contribution in [0, 0.1) is 10.1 Å². The van der Waals surface area contributed by atoms with E-state index in [2.05, 4.69) is 0 Å². The second-order valence-electron chi connectivity index (χ2n) is 3.27. The van der Waals surface area contributed by atoms with Crippen LogP contribution >= 0.6 is 0 Å². The Labute approximate surface area is 101 Å². The predicted molar refractivity (Wildman–Crippen MR) is 57.6 cm³/mol. The maximum atomic E-state index is 10.8. The summed E-state index contributed by atoms with van der Waals surface area (Å²) < 4.78 is 4.78. The van der Waals surface area contributed by atoms with Gasteiger partial charge in [0.05, 0.1) is 23.2 Å². The number of carbonyl (C=O) groups excluding carboxylic acids is 1. The van der Waals surface area contributed by atoms with Crippen LogP contribution in [0.2, 0.25) is 0 Å². The number of carboxylic acids is 1. The first kappa shape index (κ1) is 13.6. The topological polar surface area (TPSA) is 127 Å². The smallest absolute Gasteiger partial charge is 0.337 e. The molecule has 1 aromatic rings. The van der Waals surface area contributed by atoms with E-state index in [1.165, 1.54) is 7.11 Å². The molecule has 0 heterocycles. The number of carbonyl (C=O) groups is 2. The number of aliphatic hydroxyl groups excluding tert-OH is 1. The lowest BCUT2D eigenvalue weighted by Crippen LogP contribution is -2.14. The number of rotatable bonds is 5. The molecule has 8 nitrogen and oxygen atoms in total. The molecule has 18 heavy (non-hydrogen) atoms. The van der Waals surface area contributed by atoms with Crippen molar-refractivity contribution in [2.45, 2.75) is 6.10 Å². The van der Waals surface area contributed by atoms with Gasteiger partial charge in [-0.05, 0) is 12.1 Å². The van der Waals surface area contributed by atoms with Gasteiger partial charge in [0.2, 0.25) is 0 Å². The molecule has 1 atom stereocenters. The Balaban J connectivity index is 3.58. The van der Waals surface area contributed by atoms with Crippen molar-refractivity contribution in [1.29, 1.82) is 0 Å². The maximum Gasteiger partial charge on any atom is 0.337 e. The zero-order chi connectivity index (χ0) is 13.9. The number of aliphatic hydroxyl groups is 1. The Kier molecular flexibility index (Phi) is 3.95. The highest BCUT2D eigenvalue weighted by Gasteiger charge is 2.29. The summed E-state index contributed by atoms with van der Waals surface area (Å²) in [6.45, 7) is 0. The van der Waals surface area contributed by atoms with Gasteiger partial charge in [-0.25, -0.2) is 4.79 Å². The molecule has 0 saturated heterocycles. The van der Waals surface area contributed by atoms with Crippen LogP contribution in [-0.2, 0) is 4.79 Å². The number of aldehydes is 1. The summed E-state index contributed by atoms with van der Waals surface area (Å²) in [5, 5.41) is 28.9. The SMILES string of the molecule is COc1cc(C=O)c([N+](=O)[O-])c(C(O)C(=O)O)c1. The van der Waals surface area contributed by atoms with Crippen LogP contribution in [0.15, 0.2) is 12.1 Å². The van der Waals surface area contributed by atoms with E-state index in [4.69, 9.17) is 9.84 Å². The van der Waals surface area contributed by atoms with Gasteiger partial charge >= 0.3 is 5.97 Å². The first-order valence-electron chi connectivity index (χ1n) is 4.64. The van der Waals surface area contributed by atoms with Crippen molar-refractivity contribution in [1.82, 2.24) is 0 Å². The molecule has 0 spiro atoms. The van der Waals surface area contributed by atoms with Gasteiger partial charge in [-0.2, -0.15) is 0 Å². The number of benzene rings is 1. The molecular formula is C10H9NO7. The largest absolute Gasteiger partial charge is 0.497 e. The molecule has 0 aliphatic carbocycles. The fraction of sp³-hybridized carbons (Fsp3) is 0.200. The average Bonchev–Trinajstić information content (AvgIpc) is 2.35. The normalized spacial score (nSPS) is 11.7. The zero-order valence-electron chi connectivity index (χ0n) is 9.19. The number of ether oxygens (including phenoxy) is 1. The molecule has 0 amide bonds. The molecule has 1 unspecified atom stereocenters. The first-order chi connectivity index (χ1) is 8.42. The van der Waals surface area contributed by atoms with E-state index in [0.717, 1.165) is 12.1 Å². The number of hydrogen-bond donors (Lipinski definition) is 2. The van der Waals surface area contributed by atoms with Gasteiger partial charge in [0.25, 0.3) is 5.69 Å². The number of nitro benzene ring substituents is 1. The average molecular weight is 255 g/mol. The lowest BCUT2D eigenvalue weighted by Gasteiger charge is -2.10. The number of methoxy groups -OCH3 is 1. The molecule has 0 aromatic heterocycles. The predicted octanol–water partition coefficient (Wildman–Crippen LogP) is 0.534. The molecule has 0 aliphatic heterocycles. The quantitative estimate of drug-likeness (QED) is 0.446. The third kappa shape index (κ3) is 2.43. The molecule has 0 saturated carbocycles. The second kappa shape index (κ2) is 5.23. The van der Waals surface area contributed by atoms with E-state index in [1.54, 1.807) is 0 Å². The summed E-state index contributed by atoms with van der Waals surface area (Å²) >= 11 is 0. The van der Waals surface area contributed by atoms with Gasteiger partial charge in [-0.3, -0.25) is 14.9 Å².